The van der Waals surface area contributed by atoms with E-state index in [9.17, 15) is 4.39 Å². The Kier molecular flexibility index (Phi) is 4.51. The SMILES string of the molecule is N#Cc1ccc(CNCc2cccc(Cl)c2)c(F)c1. The lowest BCUT2D eigenvalue weighted by Gasteiger charge is -2.06. The molecule has 2 rings (SSSR count). The zero-order valence-corrected chi connectivity index (χ0v) is 10.9. The van der Waals surface area contributed by atoms with Crippen LogP contribution in [0.2, 0.25) is 5.02 Å². The number of hydrogen-bond donors (Lipinski definition) is 1. The first-order valence-corrected chi connectivity index (χ1v) is 6.20. The molecule has 2 aromatic carbocycles. The highest BCUT2D eigenvalue weighted by Crippen LogP contribution is 2.12. The molecule has 96 valence electrons. The fraction of sp³-hybridized carbons (Fsp3) is 0.133. The van der Waals surface area contributed by atoms with Crippen molar-refractivity contribution in [3.05, 3.63) is 70.0 Å². The Balaban J connectivity index is 1.94. The van der Waals surface area contributed by atoms with E-state index in [1.54, 1.807) is 12.1 Å². The van der Waals surface area contributed by atoms with Gasteiger partial charge in [0.25, 0.3) is 0 Å². The molecule has 0 atom stereocenters. The first kappa shape index (κ1) is 13.5. The molecule has 0 fully saturated rings. The van der Waals surface area contributed by atoms with Gasteiger partial charge in [-0.1, -0.05) is 29.8 Å². The van der Waals surface area contributed by atoms with Gasteiger partial charge in [-0.25, -0.2) is 4.39 Å². The first-order chi connectivity index (χ1) is 9.19. The summed E-state index contributed by atoms with van der Waals surface area (Å²) in [6, 6.07) is 13.9. The molecule has 0 aliphatic carbocycles. The third kappa shape index (κ3) is 3.78. The van der Waals surface area contributed by atoms with Gasteiger partial charge < -0.3 is 5.32 Å². The average molecular weight is 275 g/mol. The minimum absolute atomic E-state index is 0.330. The minimum Gasteiger partial charge on any atom is -0.309 e. The van der Waals surface area contributed by atoms with Gasteiger partial charge in [-0.3, -0.25) is 0 Å². The van der Waals surface area contributed by atoms with Gasteiger partial charge >= 0.3 is 0 Å². The van der Waals surface area contributed by atoms with Crippen molar-refractivity contribution in [3.63, 3.8) is 0 Å². The van der Waals surface area contributed by atoms with Crippen LogP contribution in [0, 0.1) is 17.1 Å². The average Bonchev–Trinajstić information content (AvgIpc) is 2.40. The van der Waals surface area contributed by atoms with E-state index >= 15 is 0 Å². The van der Waals surface area contributed by atoms with Crippen LogP contribution in [0.4, 0.5) is 4.39 Å². The van der Waals surface area contributed by atoms with Gasteiger partial charge in [0.2, 0.25) is 0 Å². The molecule has 0 aromatic heterocycles. The van der Waals surface area contributed by atoms with Crippen molar-refractivity contribution in [2.75, 3.05) is 0 Å². The van der Waals surface area contributed by atoms with E-state index in [4.69, 9.17) is 16.9 Å². The maximum Gasteiger partial charge on any atom is 0.129 e. The van der Waals surface area contributed by atoms with Crippen molar-refractivity contribution in [1.29, 1.82) is 5.26 Å². The largest absolute Gasteiger partial charge is 0.309 e. The molecule has 0 bridgehead atoms. The molecule has 2 nitrogen and oxygen atoms in total. The van der Waals surface area contributed by atoms with E-state index in [0.29, 0.717) is 29.2 Å². The summed E-state index contributed by atoms with van der Waals surface area (Å²) in [6.07, 6.45) is 0. The van der Waals surface area contributed by atoms with E-state index in [-0.39, 0.29) is 5.82 Å². The molecule has 0 aliphatic heterocycles. The van der Waals surface area contributed by atoms with E-state index < -0.39 is 0 Å². The smallest absolute Gasteiger partial charge is 0.129 e. The molecule has 0 saturated heterocycles. The highest BCUT2D eigenvalue weighted by molar-refractivity contribution is 6.30. The Morgan fingerprint density at radius 3 is 2.68 bits per heavy atom. The summed E-state index contributed by atoms with van der Waals surface area (Å²) in [7, 11) is 0. The molecule has 0 aliphatic rings. The lowest BCUT2D eigenvalue weighted by Crippen LogP contribution is -2.13. The zero-order valence-electron chi connectivity index (χ0n) is 10.2. The Morgan fingerprint density at radius 2 is 2.00 bits per heavy atom. The molecular formula is C15H12ClFN2. The molecule has 2 aromatic rings. The highest BCUT2D eigenvalue weighted by Gasteiger charge is 2.03. The fourth-order valence-corrected chi connectivity index (χ4v) is 1.96. The van der Waals surface area contributed by atoms with Crippen molar-refractivity contribution >= 4 is 11.6 Å². The monoisotopic (exact) mass is 274 g/mol. The van der Waals surface area contributed by atoms with Gasteiger partial charge in [0.15, 0.2) is 0 Å². The lowest BCUT2D eigenvalue weighted by molar-refractivity contribution is 0.587. The normalized spacial score (nSPS) is 10.2. The molecule has 0 saturated carbocycles. The third-order valence-corrected chi connectivity index (χ3v) is 2.95. The van der Waals surface area contributed by atoms with Gasteiger partial charge in [0.05, 0.1) is 11.6 Å². The molecule has 0 unspecified atom stereocenters. The summed E-state index contributed by atoms with van der Waals surface area (Å²) in [5.74, 6) is -0.363. The number of rotatable bonds is 4. The van der Waals surface area contributed by atoms with Gasteiger partial charge in [0.1, 0.15) is 5.82 Å². The van der Waals surface area contributed by atoms with Crippen molar-refractivity contribution in [2.24, 2.45) is 0 Å². The van der Waals surface area contributed by atoms with Crippen LogP contribution in [0.5, 0.6) is 0 Å². The highest BCUT2D eigenvalue weighted by atomic mass is 35.5. The first-order valence-electron chi connectivity index (χ1n) is 5.83. The second-order valence-corrected chi connectivity index (χ2v) is 4.59. The number of hydrogen-bond acceptors (Lipinski definition) is 2. The van der Waals surface area contributed by atoms with Gasteiger partial charge in [-0.2, -0.15) is 5.26 Å². The predicted octanol–water partition coefficient (Wildman–Crippen LogP) is 3.64. The third-order valence-electron chi connectivity index (χ3n) is 2.72. The predicted molar refractivity (Wildman–Crippen MR) is 73.1 cm³/mol. The summed E-state index contributed by atoms with van der Waals surface area (Å²) in [4.78, 5) is 0. The van der Waals surface area contributed by atoms with Crippen LogP contribution < -0.4 is 5.32 Å². The van der Waals surface area contributed by atoms with Crippen LogP contribution in [0.3, 0.4) is 0 Å². The van der Waals surface area contributed by atoms with Crippen molar-refractivity contribution in [1.82, 2.24) is 5.32 Å². The zero-order chi connectivity index (χ0) is 13.7. The van der Waals surface area contributed by atoms with Crippen molar-refractivity contribution in [2.45, 2.75) is 13.1 Å². The van der Waals surface area contributed by atoms with E-state index in [0.717, 1.165) is 5.56 Å². The quantitative estimate of drug-likeness (QED) is 0.924. The standard InChI is InChI=1S/C15H12ClFN2/c16-14-3-1-2-12(6-14)9-19-10-13-5-4-11(8-18)7-15(13)17/h1-7,19H,9-10H2. The molecule has 1 N–H and O–H groups in total. The number of nitriles is 1. The molecule has 0 radical (unpaired) electrons. The van der Waals surface area contributed by atoms with Crippen LogP contribution >= 0.6 is 11.6 Å². The molecular weight excluding hydrogens is 263 g/mol. The van der Waals surface area contributed by atoms with Gasteiger partial charge in [-0.05, 0) is 29.8 Å². The van der Waals surface area contributed by atoms with Crippen molar-refractivity contribution in [3.8, 4) is 6.07 Å². The Hall–Kier alpha value is -1.89. The Labute approximate surface area is 116 Å². The number of nitrogens with zero attached hydrogens (tertiary/aromatic N) is 1. The Morgan fingerprint density at radius 1 is 1.16 bits per heavy atom. The Bertz CT molecular complexity index is 620. The summed E-state index contributed by atoms with van der Waals surface area (Å²) in [6.45, 7) is 1.02. The fourth-order valence-electron chi connectivity index (χ4n) is 1.75. The number of nitrogens with one attached hydrogen (secondary N) is 1. The molecule has 0 heterocycles. The van der Waals surface area contributed by atoms with E-state index in [2.05, 4.69) is 5.32 Å². The lowest BCUT2D eigenvalue weighted by atomic mass is 10.1. The van der Waals surface area contributed by atoms with Crippen LogP contribution in [-0.2, 0) is 13.1 Å². The molecule has 4 heteroatoms. The summed E-state index contributed by atoms with van der Waals surface area (Å²) in [5, 5.41) is 12.5. The maximum absolute atomic E-state index is 13.6. The van der Waals surface area contributed by atoms with Gasteiger partial charge in [-0.15, -0.1) is 0 Å². The minimum atomic E-state index is -0.363. The molecule has 0 amide bonds. The second-order valence-electron chi connectivity index (χ2n) is 4.15. The van der Waals surface area contributed by atoms with E-state index in [1.807, 2.05) is 30.3 Å². The van der Waals surface area contributed by atoms with Crippen molar-refractivity contribution < 1.29 is 4.39 Å². The summed E-state index contributed by atoms with van der Waals surface area (Å²) < 4.78 is 13.6. The molecule has 19 heavy (non-hydrogen) atoms. The van der Waals surface area contributed by atoms with Crippen LogP contribution in [0.15, 0.2) is 42.5 Å². The molecule has 0 spiro atoms. The second kappa shape index (κ2) is 6.33. The number of halogens is 2. The van der Waals surface area contributed by atoms with Gasteiger partial charge in [0, 0.05) is 23.7 Å². The number of benzene rings is 2. The summed E-state index contributed by atoms with van der Waals surface area (Å²) >= 11 is 5.88. The maximum atomic E-state index is 13.6. The van der Waals surface area contributed by atoms with Crippen LogP contribution in [0.25, 0.3) is 0 Å². The van der Waals surface area contributed by atoms with E-state index in [1.165, 1.54) is 6.07 Å². The topological polar surface area (TPSA) is 35.8 Å². The van der Waals surface area contributed by atoms with Crippen LogP contribution in [0.1, 0.15) is 16.7 Å². The summed E-state index contributed by atoms with van der Waals surface area (Å²) in [5.41, 5.74) is 1.92. The van der Waals surface area contributed by atoms with Crippen LogP contribution in [-0.4, -0.2) is 0 Å².